The summed E-state index contributed by atoms with van der Waals surface area (Å²) in [5.74, 6) is -0.559. The Labute approximate surface area is 128 Å². The van der Waals surface area contributed by atoms with Gasteiger partial charge in [-0.1, -0.05) is 26.0 Å². The molecule has 0 atom stereocenters. The maximum atomic E-state index is 12.2. The van der Waals surface area contributed by atoms with Crippen LogP contribution in [0.25, 0.3) is 6.08 Å². The predicted molar refractivity (Wildman–Crippen MR) is 80.8 cm³/mol. The van der Waals surface area contributed by atoms with Crippen molar-refractivity contribution in [3.05, 3.63) is 41.1 Å². The highest BCUT2D eigenvalue weighted by Crippen LogP contribution is 2.16. The normalized spacial score (nSPS) is 16.4. The van der Waals surface area contributed by atoms with E-state index in [0.29, 0.717) is 17.7 Å². The van der Waals surface area contributed by atoms with Gasteiger partial charge >= 0.3 is 12.0 Å². The van der Waals surface area contributed by atoms with Crippen molar-refractivity contribution >= 4 is 24.0 Å². The largest absolute Gasteiger partial charge is 0.465 e. The van der Waals surface area contributed by atoms with Crippen LogP contribution in [0.3, 0.4) is 0 Å². The topological polar surface area (TPSA) is 75.7 Å². The summed E-state index contributed by atoms with van der Waals surface area (Å²) in [6.07, 6.45) is 1.58. The van der Waals surface area contributed by atoms with Crippen molar-refractivity contribution in [2.24, 2.45) is 5.92 Å². The molecular weight excluding hydrogens is 284 g/mol. The molecule has 116 valence electrons. The van der Waals surface area contributed by atoms with E-state index in [0.717, 1.165) is 0 Å². The van der Waals surface area contributed by atoms with E-state index in [1.807, 2.05) is 13.8 Å². The molecule has 1 heterocycles. The molecule has 1 N–H and O–H groups in total. The monoisotopic (exact) mass is 302 g/mol. The molecule has 6 nitrogen and oxygen atoms in total. The minimum Gasteiger partial charge on any atom is -0.465 e. The third-order valence-corrected chi connectivity index (χ3v) is 3.15. The van der Waals surface area contributed by atoms with Crippen LogP contribution in [0.15, 0.2) is 30.0 Å². The van der Waals surface area contributed by atoms with Crippen molar-refractivity contribution in [3.8, 4) is 0 Å². The van der Waals surface area contributed by atoms with E-state index in [4.69, 9.17) is 0 Å². The Morgan fingerprint density at radius 2 is 1.91 bits per heavy atom. The highest BCUT2D eigenvalue weighted by molar-refractivity contribution is 6.14. The Morgan fingerprint density at radius 1 is 1.27 bits per heavy atom. The van der Waals surface area contributed by atoms with Crippen molar-refractivity contribution in [3.63, 3.8) is 0 Å². The molecule has 1 aromatic rings. The van der Waals surface area contributed by atoms with Crippen LogP contribution in [-0.4, -0.2) is 36.5 Å². The molecule has 0 saturated carbocycles. The number of rotatable bonds is 4. The third-order valence-electron chi connectivity index (χ3n) is 3.15. The number of hydrogen-bond donors (Lipinski definition) is 1. The van der Waals surface area contributed by atoms with Gasteiger partial charge in [-0.05, 0) is 29.7 Å². The molecule has 1 saturated heterocycles. The van der Waals surface area contributed by atoms with Gasteiger partial charge in [0.2, 0.25) is 0 Å². The summed E-state index contributed by atoms with van der Waals surface area (Å²) in [5, 5.41) is 2.56. The van der Waals surface area contributed by atoms with E-state index in [9.17, 15) is 14.4 Å². The van der Waals surface area contributed by atoms with Crippen LogP contribution in [0.5, 0.6) is 0 Å². The fourth-order valence-electron chi connectivity index (χ4n) is 2.10. The molecule has 1 aliphatic rings. The van der Waals surface area contributed by atoms with E-state index < -0.39 is 12.0 Å². The first-order valence-electron chi connectivity index (χ1n) is 6.95. The van der Waals surface area contributed by atoms with Crippen molar-refractivity contribution < 1.29 is 19.1 Å². The van der Waals surface area contributed by atoms with Crippen molar-refractivity contribution in [2.45, 2.75) is 13.8 Å². The fourth-order valence-corrected chi connectivity index (χ4v) is 2.10. The fraction of sp³-hybridized carbons (Fsp3) is 0.312. The third kappa shape index (κ3) is 3.33. The van der Waals surface area contributed by atoms with Gasteiger partial charge < -0.3 is 10.1 Å². The van der Waals surface area contributed by atoms with Gasteiger partial charge in [0, 0.05) is 6.54 Å². The number of benzene rings is 1. The molecule has 0 bridgehead atoms. The van der Waals surface area contributed by atoms with E-state index in [1.54, 1.807) is 30.3 Å². The number of hydrogen-bond acceptors (Lipinski definition) is 4. The van der Waals surface area contributed by atoms with E-state index >= 15 is 0 Å². The summed E-state index contributed by atoms with van der Waals surface area (Å²) in [6, 6.07) is 6.17. The summed E-state index contributed by atoms with van der Waals surface area (Å²) >= 11 is 0. The first-order valence-corrected chi connectivity index (χ1v) is 6.95. The summed E-state index contributed by atoms with van der Waals surface area (Å²) in [6.45, 7) is 4.25. The van der Waals surface area contributed by atoms with Crippen molar-refractivity contribution in [1.29, 1.82) is 0 Å². The van der Waals surface area contributed by atoms with E-state index in [1.165, 1.54) is 12.0 Å². The Balaban J connectivity index is 2.18. The van der Waals surface area contributed by atoms with Gasteiger partial charge in [-0.3, -0.25) is 9.69 Å². The summed E-state index contributed by atoms with van der Waals surface area (Å²) in [5.41, 5.74) is 1.37. The zero-order valence-corrected chi connectivity index (χ0v) is 12.8. The van der Waals surface area contributed by atoms with Gasteiger partial charge in [0.25, 0.3) is 5.91 Å². The second-order valence-corrected chi connectivity index (χ2v) is 5.41. The number of amides is 3. The average molecular weight is 302 g/mol. The lowest BCUT2D eigenvalue weighted by Crippen LogP contribution is -2.34. The molecule has 1 aliphatic heterocycles. The average Bonchev–Trinajstić information content (AvgIpc) is 2.74. The van der Waals surface area contributed by atoms with Crippen LogP contribution in [-0.2, 0) is 9.53 Å². The molecule has 0 aromatic heterocycles. The molecule has 1 fully saturated rings. The Bertz CT molecular complexity index is 632. The molecule has 1 aromatic carbocycles. The molecule has 2 rings (SSSR count). The number of carbonyl (C=O) groups excluding carboxylic acids is 3. The maximum Gasteiger partial charge on any atom is 0.337 e. The van der Waals surface area contributed by atoms with E-state index in [-0.39, 0.29) is 17.5 Å². The highest BCUT2D eigenvalue weighted by atomic mass is 16.5. The summed E-state index contributed by atoms with van der Waals surface area (Å²) < 4.78 is 4.62. The summed E-state index contributed by atoms with van der Waals surface area (Å²) in [7, 11) is 1.31. The number of nitrogens with zero attached hydrogens (tertiary/aromatic N) is 1. The Hall–Kier alpha value is -2.63. The van der Waals surface area contributed by atoms with Gasteiger partial charge in [0.05, 0.1) is 12.7 Å². The lowest BCUT2D eigenvalue weighted by Gasteiger charge is -2.13. The van der Waals surface area contributed by atoms with Crippen LogP contribution in [0.4, 0.5) is 4.79 Å². The van der Waals surface area contributed by atoms with Crippen molar-refractivity contribution in [1.82, 2.24) is 10.2 Å². The minimum atomic E-state index is -0.424. The standard InChI is InChI=1S/C16H18N2O4/c1-10(2)9-18-14(19)13(17-16(18)21)8-11-4-6-12(7-5-11)15(20)22-3/h4-8,10H,9H2,1-3H3,(H,17,21). The number of nitrogens with one attached hydrogen (secondary N) is 1. The molecule has 0 unspecified atom stereocenters. The van der Waals surface area contributed by atoms with Crippen LogP contribution < -0.4 is 5.32 Å². The van der Waals surface area contributed by atoms with Gasteiger partial charge in [-0.25, -0.2) is 9.59 Å². The van der Waals surface area contributed by atoms with Crippen LogP contribution >= 0.6 is 0 Å². The van der Waals surface area contributed by atoms with Crippen LogP contribution in [0.1, 0.15) is 29.8 Å². The van der Waals surface area contributed by atoms with Crippen LogP contribution in [0, 0.1) is 5.92 Å². The van der Waals surface area contributed by atoms with Crippen molar-refractivity contribution in [2.75, 3.05) is 13.7 Å². The van der Waals surface area contributed by atoms with Gasteiger partial charge in [0.1, 0.15) is 5.70 Å². The molecule has 0 aliphatic carbocycles. The molecule has 3 amide bonds. The Kier molecular flexibility index (Phi) is 4.60. The lowest BCUT2D eigenvalue weighted by molar-refractivity contribution is -0.123. The number of esters is 1. The zero-order valence-electron chi connectivity index (χ0n) is 12.8. The first-order chi connectivity index (χ1) is 10.4. The zero-order chi connectivity index (χ0) is 16.3. The predicted octanol–water partition coefficient (Wildman–Crippen LogP) is 2.02. The second kappa shape index (κ2) is 6.43. The molecule has 22 heavy (non-hydrogen) atoms. The molecule has 0 radical (unpaired) electrons. The molecule has 6 heteroatoms. The SMILES string of the molecule is COC(=O)c1ccc(C=C2NC(=O)N(CC(C)C)C2=O)cc1. The number of carbonyl (C=O) groups is 3. The quantitative estimate of drug-likeness (QED) is 0.524. The molecular formula is C16H18N2O4. The highest BCUT2D eigenvalue weighted by Gasteiger charge is 2.33. The summed E-state index contributed by atoms with van der Waals surface area (Å²) in [4.78, 5) is 36.5. The first kappa shape index (κ1) is 15.8. The Morgan fingerprint density at radius 3 is 2.45 bits per heavy atom. The number of methoxy groups -OCH3 is 1. The lowest BCUT2D eigenvalue weighted by atomic mass is 10.1. The maximum absolute atomic E-state index is 12.2. The van der Waals surface area contributed by atoms with Gasteiger partial charge in [-0.2, -0.15) is 0 Å². The minimum absolute atomic E-state index is 0.202. The van der Waals surface area contributed by atoms with Gasteiger partial charge in [-0.15, -0.1) is 0 Å². The smallest absolute Gasteiger partial charge is 0.337 e. The number of ether oxygens (including phenoxy) is 1. The van der Waals surface area contributed by atoms with E-state index in [2.05, 4.69) is 10.1 Å². The number of urea groups is 1. The molecule has 0 spiro atoms. The second-order valence-electron chi connectivity index (χ2n) is 5.41. The van der Waals surface area contributed by atoms with Gasteiger partial charge in [0.15, 0.2) is 0 Å². The van der Waals surface area contributed by atoms with Crippen LogP contribution in [0.2, 0.25) is 0 Å². The number of imide groups is 1.